The van der Waals surface area contributed by atoms with Crippen molar-refractivity contribution in [1.29, 1.82) is 0 Å². The fourth-order valence-corrected chi connectivity index (χ4v) is 1.92. The van der Waals surface area contributed by atoms with Gasteiger partial charge in [-0.3, -0.25) is 0 Å². The summed E-state index contributed by atoms with van der Waals surface area (Å²) >= 11 is 0. The summed E-state index contributed by atoms with van der Waals surface area (Å²) in [6, 6.07) is 7.28. The Hall–Kier alpha value is -1.36. The smallest absolute Gasteiger partial charge is 0.112 e. The Balaban J connectivity index is 2.43. The molecule has 2 rings (SSSR count). The SMILES string of the molecule is CC(C)(O)[C@H](O)C(O)c1cccc2[nH]ccc12. The van der Waals surface area contributed by atoms with Gasteiger partial charge in [-0.2, -0.15) is 0 Å². The second kappa shape index (κ2) is 4.14. The normalized spacial score (nSPS) is 16.1. The van der Waals surface area contributed by atoms with E-state index in [1.807, 2.05) is 12.1 Å². The molecule has 0 aliphatic heterocycles. The number of nitrogens with one attached hydrogen (secondary N) is 1. The van der Waals surface area contributed by atoms with Gasteiger partial charge in [-0.05, 0) is 31.5 Å². The molecule has 2 aromatic rings. The van der Waals surface area contributed by atoms with Crippen LogP contribution in [-0.4, -0.2) is 32.0 Å². The van der Waals surface area contributed by atoms with Crippen molar-refractivity contribution in [3.63, 3.8) is 0 Å². The lowest BCUT2D eigenvalue weighted by Crippen LogP contribution is -2.40. The van der Waals surface area contributed by atoms with Crippen LogP contribution < -0.4 is 0 Å². The van der Waals surface area contributed by atoms with Gasteiger partial charge >= 0.3 is 0 Å². The van der Waals surface area contributed by atoms with Gasteiger partial charge in [-0.25, -0.2) is 0 Å². The summed E-state index contributed by atoms with van der Waals surface area (Å²) < 4.78 is 0. The molecule has 4 N–H and O–H groups in total. The molecule has 0 spiro atoms. The van der Waals surface area contributed by atoms with Crippen LogP contribution in [0.2, 0.25) is 0 Å². The number of H-pyrrole nitrogens is 1. The molecule has 0 aliphatic carbocycles. The highest BCUT2D eigenvalue weighted by Crippen LogP contribution is 2.29. The Morgan fingerprint density at radius 1 is 1.18 bits per heavy atom. The van der Waals surface area contributed by atoms with Gasteiger partial charge < -0.3 is 20.3 Å². The topological polar surface area (TPSA) is 76.5 Å². The van der Waals surface area contributed by atoms with Gasteiger partial charge in [0.25, 0.3) is 0 Å². The van der Waals surface area contributed by atoms with E-state index >= 15 is 0 Å². The lowest BCUT2D eigenvalue weighted by atomic mass is 9.91. The van der Waals surface area contributed by atoms with Gasteiger partial charge in [0.1, 0.15) is 12.2 Å². The summed E-state index contributed by atoms with van der Waals surface area (Å²) in [4.78, 5) is 3.04. The minimum atomic E-state index is -1.35. The molecule has 4 nitrogen and oxygen atoms in total. The number of benzene rings is 1. The Kier molecular flexibility index (Phi) is 2.95. The van der Waals surface area contributed by atoms with E-state index in [1.54, 1.807) is 18.3 Å². The van der Waals surface area contributed by atoms with Gasteiger partial charge in [-0.1, -0.05) is 12.1 Å². The third kappa shape index (κ3) is 2.20. The molecule has 1 aromatic heterocycles. The van der Waals surface area contributed by atoms with Crippen LogP contribution in [0.1, 0.15) is 25.5 Å². The number of aliphatic hydroxyl groups is 3. The molecule has 0 fully saturated rings. The van der Waals surface area contributed by atoms with Gasteiger partial charge in [0.2, 0.25) is 0 Å². The molecule has 0 radical (unpaired) electrons. The molecule has 1 unspecified atom stereocenters. The van der Waals surface area contributed by atoms with Crippen LogP contribution in [-0.2, 0) is 0 Å². The minimum Gasteiger partial charge on any atom is -0.388 e. The molecule has 0 bridgehead atoms. The molecule has 4 heteroatoms. The van der Waals surface area contributed by atoms with Gasteiger partial charge in [0.15, 0.2) is 0 Å². The third-order valence-electron chi connectivity index (χ3n) is 2.97. The molecule has 0 saturated heterocycles. The van der Waals surface area contributed by atoms with Crippen molar-refractivity contribution in [2.75, 3.05) is 0 Å². The highest BCUT2D eigenvalue weighted by Gasteiger charge is 2.32. The lowest BCUT2D eigenvalue weighted by Gasteiger charge is -2.29. The Bertz CT molecular complexity index is 513. The molecule has 0 saturated carbocycles. The van der Waals surface area contributed by atoms with Gasteiger partial charge in [-0.15, -0.1) is 0 Å². The quantitative estimate of drug-likeness (QED) is 0.648. The van der Waals surface area contributed by atoms with Crippen LogP contribution >= 0.6 is 0 Å². The highest BCUT2D eigenvalue weighted by atomic mass is 16.4. The van der Waals surface area contributed by atoms with Crippen molar-refractivity contribution in [3.05, 3.63) is 36.0 Å². The van der Waals surface area contributed by atoms with Crippen LogP contribution in [0.4, 0.5) is 0 Å². The van der Waals surface area contributed by atoms with E-state index in [0.717, 1.165) is 10.9 Å². The molecular weight excluding hydrogens is 218 g/mol. The molecule has 0 amide bonds. The highest BCUT2D eigenvalue weighted by molar-refractivity contribution is 5.83. The number of hydrogen-bond donors (Lipinski definition) is 4. The number of hydrogen-bond acceptors (Lipinski definition) is 3. The van der Waals surface area contributed by atoms with Crippen LogP contribution in [0, 0.1) is 0 Å². The summed E-state index contributed by atoms with van der Waals surface area (Å²) in [6.07, 6.45) is -0.574. The zero-order valence-corrected chi connectivity index (χ0v) is 9.88. The average Bonchev–Trinajstić information content (AvgIpc) is 2.73. The van der Waals surface area contributed by atoms with Crippen LogP contribution in [0.25, 0.3) is 10.9 Å². The van der Waals surface area contributed by atoms with Crippen LogP contribution in [0.15, 0.2) is 30.5 Å². The maximum absolute atomic E-state index is 10.1. The predicted octanol–water partition coefficient (Wildman–Crippen LogP) is 1.33. The van der Waals surface area contributed by atoms with E-state index in [0.29, 0.717) is 5.56 Å². The Morgan fingerprint density at radius 2 is 1.88 bits per heavy atom. The number of rotatable bonds is 3. The van der Waals surface area contributed by atoms with Crippen molar-refractivity contribution in [3.8, 4) is 0 Å². The van der Waals surface area contributed by atoms with Crippen molar-refractivity contribution in [2.24, 2.45) is 0 Å². The Labute approximate surface area is 99.5 Å². The number of aliphatic hydroxyl groups excluding tert-OH is 2. The predicted molar refractivity (Wildman–Crippen MR) is 65.6 cm³/mol. The standard InChI is InChI=1S/C13H17NO3/c1-13(2,17)12(16)11(15)9-4-3-5-10-8(9)6-7-14-10/h3-7,11-12,14-17H,1-2H3/t11?,12-/m1/s1. The largest absolute Gasteiger partial charge is 0.388 e. The fourth-order valence-electron chi connectivity index (χ4n) is 1.92. The summed E-state index contributed by atoms with van der Waals surface area (Å²) in [5, 5.41) is 30.6. The van der Waals surface area contributed by atoms with Crippen LogP contribution in [0.5, 0.6) is 0 Å². The Morgan fingerprint density at radius 3 is 2.53 bits per heavy atom. The first-order valence-electron chi connectivity index (χ1n) is 5.56. The molecule has 0 aliphatic rings. The first-order valence-corrected chi connectivity index (χ1v) is 5.56. The van der Waals surface area contributed by atoms with E-state index in [1.165, 1.54) is 13.8 Å². The van der Waals surface area contributed by atoms with Crippen molar-refractivity contribution < 1.29 is 15.3 Å². The second-order valence-electron chi connectivity index (χ2n) is 4.83. The third-order valence-corrected chi connectivity index (χ3v) is 2.97. The maximum Gasteiger partial charge on any atom is 0.112 e. The second-order valence-corrected chi connectivity index (χ2v) is 4.83. The molecule has 17 heavy (non-hydrogen) atoms. The number of aromatic amines is 1. The van der Waals surface area contributed by atoms with E-state index in [2.05, 4.69) is 4.98 Å². The zero-order chi connectivity index (χ0) is 12.6. The number of aromatic nitrogens is 1. The monoisotopic (exact) mass is 235 g/mol. The van der Waals surface area contributed by atoms with Gasteiger partial charge in [0.05, 0.1) is 5.60 Å². The molecule has 1 heterocycles. The average molecular weight is 235 g/mol. The fraction of sp³-hybridized carbons (Fsp3) is 0.385. The first-order chi connectivity index (χ1) is 7.91. The summed E-state index contributed by atoms with van der Waals surface area (Å²) in [6.45, 7) is 2.94. The first kappa shape index (κ1) is 12.1. The lowest BCUT2D eigenvalue weighted by molar-refractivity contribution is -0.107. The van der Waals surface area contributed by atoms with Gasteiger partial charge in [0, 0.05) is 17.1 Å². The van der Waals surface area contributed by atoms with Crippen LogP contribution in [0.3, 0.4) is 0 Å². The summed E-state index contributed by atoms with van der Waals surface area (Å²) in [5.74, 6) is 0. The van der Waals surface area contributed by atoms with E-state index in [-0.39, 0.29) is 0 Å². The summed E-state index contributed by atoms with van der Waals surface area (Å²) in [5.41, 5.74) is 0.153. The molecule has 1 aromatic carbocycles. The maximum atomic E-state index is 10.1. The van der Waals surface area contributed by atoms with E-state index in [9.17, 15) is 15.3 Å². The van der Waals surface area contributed by atoms with Crippen molar-refractivity contribution >= 4 is 10.9 Å². The summed E-state index contributed by atoms with van der Waals surface area (Å²) in [7, 11) is 0. The molecule has 2 atom stereocenters. The van der Waals surface area contributed by atoms with E-state index < -0.39 is 17.8 Å². The van der Waals surface area contributed by atoms with E-state index in [4.69, 9.17) is 0 Å². The van der Waals surface area contributed by atoms with Crippen molar-refractivity contribution in [1.82, 2.24) is 4.98 Å². The number of fused-ring (bicyclic) bond motifs is 1. The molecule has 92 valence electrons. The zero-order valence-electron chi connectivity index (χ0n) is 9.88. The minimum absolute atomic E-state index is 0.610. The molecular formula is C13H17NO3. The van der Waals surface area contributed by atoms with Crippen molar-refractivity contribution in [2.45, 2.75) is 31.7 Å².